The van der Waals surface area contributed by atoms with Crippen LogP contribution in [-0.4, -0.2) is 34.8 Å². The number of aliphatic hydroxyl groups excluding tert-OH is 2. The molecule has 166 valence electrons. The number of halogens is 1. The second kappa shape index (κ2) is 11.5. The number of rotatable bonds is 9. The lowest BCUT2D eigenvalue weighted by molar-refractivity contribution is -0.140. The van der Waals surface area contributed by atoms with Gasteiger partial charge in [-0.3, -0.25) is 4.79 Å². The fourth-order valence-electron chi connectivity index (χ4n) is 4.39. The summed E-state index contributed by atoms with van der Waals surface area (Å²) in [6.45, 7) is 0. The molecule has 0 aliphatic heterocycles. The molecule has 5 atom stereocenters. The summed E-state index contributed by atoms with van der Waals surface area (Å²) >= 11 is 6.58. The van der Waals surface area contributed by atoms with Crippen LogP contribution in [-0.2, 0) is 9.53 Å². The van der Waals surface area contributed by atoms with Gasteiger partial charge in [-0.2, -0.15) is 0 Å². The van der Waals surface area contributed by atoms with Crippen molar-refractivity contribution in [3.63, 3.8) is 0 Å². The minimum atomic E-state index is -0.673. The largest absolute Gasteiger partial charge is 0.469 e. The average molecular weight is 443 g/mol. The van der Waals surface area contributed by atoms with Gasteiger partial charge in [-0.25, -0.2) is 0 Å². The van der Waals surface area contributed by atoms with Crippen LogP contribution in [0.3, 0.4) is 0 Å². The Morgan fingerprint density at radius 1 is 1.13 bits per heavy atom. The lowest BCUT2D eigenvalue weighted by Gasteiger charge is -2.23. The molecule has 5 heteroatoms. The van der Waals surface area contributed by atoms with E-state index in [1.807, 2.05) is 54.6 Å². The SMILES string of the molecule is COC(=O)CCC/C=C\C[C@@H]1[C@@H](c2ccc(C(O)c3ccccc3)cc2)[C@H](O)C[C@@H]1Cl. The Kier molecular flexibility index (Phi) is 8.70. The number of allylic oxidation sites excluding steroid dienone is 2. The van der Waals surface area contributed by atoms with Gasteiger partial charge in [0, 0.05) is 17.7 Å². The number of esters is 1. The number of ether oxygens (including phenoxy) is 1. The summed E-state index contributed by atoms with van der Waals surface area (Å²) in [6, 6.07) is 17.4. The maximum Gasteiger partial charge on any atom is 0.305 e. The zero-order chi connectivity index (χ0) is 22.2. The molecule has 0 spiro atoms. The molecule has 1 saturated carbocycles. The zero-order valence-corrected chi connectivity index (χ0v) is 18.6. The first-order valence-electron chi connectivity index (χ1n) is 10.9. The Balaban J connectivity index is 1.63. The number of hydrogen-bond donors (Lipinski definition) is 2. The Labute approximate surface area is 189 Å². The van der Waals surface area contributed by atoms with Crippen molar-refractivity contribution < 1.29 is 19.7 Å². The van der Waals surface area contributed by atoms with Crippen LogP contribution < -0.4 is 0 Å². The van der Waals surface area contributed by atoms with Crippen molar-refractivity contribution >= 4 is 17.6 Å². The molecule has 0 heterocycles. The molecule has 0 saturated heterocycles. The van der Waals surface area contributed by atoms with E-state index in [2.05, 4.69) is 16.9 Å². The van der Waals surface area contributed by atoms with Gasteiger partial charge in [0.05, 0.1) is 13.2 Å². The van der Waals surface area contributed by atoms with Gasteiger partial charge in [0.2, 0.25) is 0 Å². The van der Waals surface area contributed by atoms with Gasteiger partial charge in [-0.05, 0) is 48.3 Å². The maximum atomic E-state index is 11.2. The highest BCUT2D eigenvalue weighted by Crippen LogP contribution is 2.45. The number of hydrogen-bond acceptors (Lipinski definition) is 4. The smallest absolute Gasteiger partial charge is 0.305 e. The van der Waals surface area contributed by atoms with Gasteiger partial charge >= 0.3 is 5.97 Å². The molecule has 1 unspecified atom stereocenters. The van der Waals surface area contributed by atoms with E-state index in [0.717, 1.165) is 36.0 Å². The highest BCUT2D eigenvalue weighted by molar-refractivity contribution is 6.21. The molecule has 1 fully saturated rings. The standard InChI is InChI=1S/C26H31ClO4/c1-31-24(29)12-8-3-2-7-11-21-22(27)17-23(28)25(21)18-13-15-20(16-14-18)26(30)19-9-5-4-6-10-19/h2,4-7,9-10,13-16,21-23,25-26,28,30H,3,8,11-12,17H2,1H3/b7-2-/t21-,22-,23+,25+,26?/m0/s1. The lowest BCUT2D eigenvalue weighted by atomic mass is 9.84. The first-order chi connectivity index (χ1) is 15.0. The maximum absolute atomic E-state index is 11.2. The molecule has 2 N–H and O–H groups in total. The number of alkyl halides is 1. The van der Waals surface area contributed by atoms with Gasteiger partial charge in [0.15, 0.2) is 0 Å². The highest BCUT2D eigenvalue weighted by atomic mass is 35.5. The van der Waals surface area contributed by atoms with Crippen LogP contribution in [0.25, 0.3) is 0 Å². The molecule has 3 rings (SSSR count). The first-order valence-corrected chi connectivity index (χ1v) is 11.3. The van der Waals surface area contributed by atoms with E-state index < -0.39 is 12.2 Å². The molecule has 0 amide bonds. The van der Waals surface area contributed by atoms with Crippen LogP contribution in [0.4, 0.5) is 0 Å². The number of carbonyl (C=O) groups is 1. The minimum Gasteiger partial charge on any atom is -0.469 e. The second-order valence-electron chi connectivity index (χ2n) is 8.16. The predicted octanol–water partition coefficient (Wildman–Crippen LogP) is 5.13. The first kappa shape index (κ1) is 23.5. The predicted molar refractivity (Wildman–Crippen MR) is 123 cm³/mol. The van der Waals surface area contributed by atoms with Crippen LogP contribution in [0.1, 0.15) is 60.8 Å². The van der Waals surface area contributed by atoms with Crippen molar-refractivity contribution in [3.8, 4) is 0 Å². The molecule has 0 radical (unpaired) electrons. The highest BCUT2D eigenvalue weighted by Gasteiger charge is 2.41. The van der Waals surface area contributed by atoms with Gasteiger partial charge < -0.3 is 14.9 Å². The van der Waals surface area contributed by atoms with Crippen molar-refractivity contribution in [2.75, 3.05) is 7.11 Å². The van der Waals surface area contributed by atoms with E-state index >= 15 is 0 Å². The summed E-state index contributed by atoms with van der Waals surface area (Å²) in [5, 5.41) is 21.2. The van der Waals surface area contributed by atoms with Crippen LogP contribution in [0.5, 0.6) is 0 Å². The monoisotopic (exact) mass is 442 g/mol. The molecule has 1 aliphatic carbocycles. The molecule has 4 nitrogen and oxygen atoms in total. The van der Waals surface area contributed by atoms with Crippen LogP contribution in [0.2, 0.25) is 0 Å². The fourth-order valence-corrected chi connectivity index (χ4v) is 4.83. The fraction of sp³-hybridized carbons (Fsp3) is 0.423. The van der Waals surface area contributed by atoms with E-state index in [0.29, 0.717) is 12.8 Å². The summed E-state index contributed by atoms with van der Waals surface area (Å²) in [6.07, 6.45) is 6.38. The van der Waals surface area contributed by atoms with Gasteiger partial charge in [-0.15, -0.1) is 11.6 Å². The van der Waals surface area contributed by atoms with E-state index in [1.54, 1.807) is 0 Å². The van der Waals surface area contributed by atoms with Crippen molar-refractivity contribution in [3.05, 3.63) is 83.4 Å². The summed E-state index contributed by atoms with van der Waals surface area (Å²) in [7, 11) is 1.40. The number of methoxy groups -OCH3 is 1. The number of aliphatic hydroxyl groups is 2. The summed E-state index contributed by atoms with van der Waals surface area (Å²) in [4.78, 5) is 11.2. The van der Waals surface area contributed by atoms with E-state index in [4.69, 9.17) is 11.6 Å². The van der Waals surface area contributed by atoms with E-state index in [-0.39, 0.29) is 23.2 Å². The second-order valence-corrected chi connectivity index (χ2v) is 8.72. The third-order valence-electron chi connectivity index (χ3n) is 6.11. The van der Waals surface area contributed by atoms with E-state index in [1.165, 1.54) is 7.11 Å². The number of carbonyl (C=O) groups excluding carboxylic acids is 1. The molecular weight excluding hydrogens is 412 g/mol. The van der Waals surface area contributed by atoms with Crippen molar-refractivity contribution in [2.45, 2.75) is 55.6 Å². The summed E-state index contributed by atoms with van der Waals surface area (Å²) < 4.78 is 4.65. The minimum absolute atomic E-state index is 0.0369. The van der Waals surface area contributed by atoms with Gasteiger partial charge in [-0.1, -0.05) is 66.7 Å². The topological polar surface area (TPSA) is 66.8 Å². The quantitative estimate of drug-likeness (QED) is 0.244. The zero-order valence-electron chi connectivity index (χ0n) is 17.9. The van der Waals surface area contributed by atoms with Crippen LogP contribution in [0, 0.1) is 5.92 Å². The lowest BCUT2D eigenvalue weighted by Crippen LogP contribution is -2.18. The Hall–Kier alpha value is -2.14. The summed E-state index contributed by atoms with van der Waals surface area (Å²) in [5.74, 6) is -0.0856. The molecule has 0 bridgehead atoms. The van der Waals surface area contributed by atoms with Crippen molar-refractivity contribution in [1.29, 1.82) is 0 Å². The normalized spacial score (nSPS) is 24.4. The molecule has 31 heavy (non-hydrogen) atoms. The number of benzene rings is 2. The Morgan fingerprint density at radius 2 is 1.81 bits per heavy atom. The molecule has 2 aromatic rings. The van der Waals surface area contributed by atoms with Gasteiger partial charge in [0.1, 0.15) is 6.10 Å². The molecule has 0 aromatic heterocycles. The number of unbranched alkanes of at least 4 members (excludes halogenated alkanes) is 1. The van der Waals surface area contributed by atoms with Crippen LogP contribution >= 0.6 is 11.6 Å². The molecular formula is C26H31ClO4. The van der Waals surface area contributed by atoms with Gasteiger partial charge in [0.25, 0.3) is 0 Å². The average Bonchev–Trinajstić information content (AvgIpc) is 3.08. The Bertz CT molecular complexity index is 849. The van der Waals surface area contributed by atoms with E-state index in [9.17, 15) is 15.0 Å². The van der Waals surface area contributed by atoms with Crippen molar-refractivity contribution in [2.24, 2.45) is 5.92 Å². The summed E-state index contributed by atoms with van der Waals surface area (Å²) in [5.41, 5.74) is 2.72. The van der Waals surface area contributed by atoms with Crippen molar-refractivity contribution in [1.82, 2.24) is 0 Å². The Morgan fingerprint density at radius 3 is 2.48 bits per heavy atom. The van der Waals surface area contributed by atoms with Crippen LogP contribution in [0.15, 0.2) is 66.7 Å². The molecule has 2 aromatic carbocycles. The molecule has 1 aliphatic rings. The third kappa shape index (κ3) is 6.19. The third-order valence-corrected chi connectivity index (χ3v) is 6.62.